The zero-order chi connectivity index (χ0) is 12.2. The van der Waals surface area contributed by atoms with Crippen LogP contribution in [-0.2, 0) is 14.8 Å². The Morgan fingerprint density at radius 1 is 1.31 bits per heavy atom. The molecule has 5 nitrogen and oxygen atoms in total. The third kappa shape index (κ3) is 3.18. The first kappa shape index (κ1) is 12.4. The molecule has 0 aliphatic carbocycles. The Hall–Kier alpha value is -1.66. The number of carbonyl (C=O) groups is 1. The van der Waals surface area contributed by atoms with E-state index in [0.717, 1.165) is 6.08 Å². The fourth-order valence-electron chi connectivity index (χ4n) is 1.04. The summed E-state index contributed by atoms with van der Waals surface area (Å²) in [6, 6.07) is 5.88. The van der Waals surface area contributed by atoms with Gasteiger partial charge in [-0.25, -0.2) is 17.9 Å². The van der Waals surface area contributed by atoms with Crippen LogP contribution in [0.15, 0.2) is 35.2 Å². The molecule has 0 amide bonds. The molecule has 1 aromatic carbocycles. The van der Waals surface area contributed by atoms with Gasteiger partial charge in [0.05, 0.1) is 4.90 Å². The van der Waals surface area contributed by atoms with E-state index in [9.17, 15) is 13.2 Å². The van der Waals surface area contributed by atoms with Crippen LogP contribution in [0, 0.1) is 0 Å². The van der Waals surface area contributed by atoms with Gasteiger partial charge in [-0.2, -0.15) is 0 Å². The van der Waals surface area contributed by atoms with E-state index in [0.29, 0.717) is 5.56 Å². The largest absolute Gasteiger partial charge is 0.478 e. The summed E-state index contributed by atoms with van der Waals surface area (Å²) in [4.78, 5) is 10.4. The third-order valence-corrected chi connectivity index (χ3v) is 3.31. The van der Waals surface area contributed by atoms with Crippen molar-refractivity contribution in [3.8, 4) is 0 Å². The number of hydrogen-bond acceptors (Lipinski definition) is 3. The highest BCUT2D eigenvalue weighted by molar-refractivity contribution is 7.89. The van der Waals surface area contributed by atoms with E-state index >= 15 is 0 Å². The van der Waals surface area contributed by atoms with Crippen LogP contribution in [0.1, 0.15) is 5.56 Å². The van der Waals surface area contributed by atoms with Gasteiger partial charge >= 0.3 is 5.97 Å². The summed E-state index contributed by atoms with van der Waals surface area (Å²) in [7, 11) is -2.11. The summed E-state index contributed by atoms with van der Waals surface area (Å²) in [5.74, 6) is -1.05. The van der Waals surface area contributed by atoms with Gasteiger partial charge < -0.3 is 5.11 Å². The molecule has 0 fully saturated rings. The van der Waals surface area contributed by atoms with Crippen molar-refractivity contribution >= 4 is 22.1 Å². The molecule has 0 saturated carbocycles. The molecule has 0 aromatic heterocycles. The predicted octanol–water partition coefficient (Wildman–Crippen LogP) is 0.692. The Balaban J connectivity index is 2.96. The zero-order valence-corrected chi connectivity index (χ0v) is 9.36. The molecule has 1 rings (SSSR count). The van der Waals surface area contributed by atoms with Gasteiger partial charge in [0, 0.05) is 6.08 Å². The number of aliphatic carboxylic acids is 1. The highest BCUT2D eigenvalue weighted by Gasteiger charge is 2.09. The Kier molecular flexibility index (Phi) is 3.81. The number of nitrogens with one attached hydrogen (secondary N) is 1. The van der Waals surface area contributed by atoms with Crippen molar-refractivity contribution in [3.63, 3.8) is 0 Å². The molecule has 86 valence electrons. The number of carboxylic acid groups (broad SMARTS) is 1. The van der Waals surface area contributed by atoms with Crippen molar-refractivity contribution in [2.75, 3.05) is 7.05 Å². The van der Waals surface area contributed by atoms with Gasteiger partial charge in [0.15, 0.2) is 0 Å². The SMILES string of the molecule is CNS(=O)(=O)c1ccc(/C=C/C(=O)O)cc1. The molecule has 2 N–H and O–H groups in total. The summed E-state index contributed by atoms with van der Waals surface area (Å²) >= 11 is 0. The smallest absolute Gasteiger partial charge is 0.328 e. The summed E-state index contributed by atoms with van der Waals surface area (Å²) < 4.78 is 24.9. The molecular weight excluding hydrogens is 230 g/mol. The molecule has 0 radical (unpaired) electrons. The topological polar surface area (TPSA) is 83.5 Å². The molecule has 0 spiro atoms. The molecule has 0 aliphatic rings. The lowest BCUT2D eigenvalue weighted by atomic mass is 10.2. The van der Waals surface area contributed by atoms with Gasteiger partial charge in [-0.15, -0.1) is 0 Å². The van der Waals surface area contributed by atoms with E-state index in [-0.39, 0.29) is 4.90 Å². The van der Waals surface area contributed by atoms with E-state index in [1.54, 1.807) is 0 Å². The zero-order valence-electron chi connectivity index (χ0n) is 8.54. The quantitative estimate of drug-likeness (QED) is 0.760. The third-order valence-electron chi connectivity index (χ3n) is 1.88. The minimum Gasteiger partial charge on any atom is -0.478 e. The second kappa shape index (κ2) is 4.91. The van der Waals surface area contributed by atoms with Crippen molar-refractivity contribution in [1.82, 2.24) is 4.72 Å². The Morgan fingerprint density at radius 2 is 1.88 bits per heavy atom. The monoisotopic (exact) mass is 241 g/mol. The van der Waals surface area contributed by atoms with Crippen LogP contribution < -0.4 is 4.72 Å². The maximum Gasteiger partial charge on any atom is 0.328 e. The molecular formula is C10H11NO4S. The lowest BCUT2D eigenvalue weighted by Gasteiger charge is -2.01. The predicted molar refractivity (Wildman–Crippen MR) is 59.4 cm³/mol. The fourth-order valence-corrected chi connectivity index (χ4v) is 1.77. The minimum atomic E-state index is -3.44. The van der Waals surface area contributed by atoms with Crippen molar-refractivity contribution < 1.29 is 18.3 Å². The normalized spacial score (nSPS) is 11.8. The first-order valence-electron chi connectivity index (χ1n) is 4.40. The van der Waals surface area contributed by atoms with Crippen LogP contribution in [0.2, 0.25) is 0 Å². The Labute approximate surface area is 93.5 Å². The summed E-state index contributed by atoms with van der Waals surface area (Å²) in [6.45, 7) is 0. The number of carboxylic acids is 1. The minimum absolute atomic E-state index is 0.141. The fraction of sp³-hybridized carbons (Fsp3) is 0.100. The van der Waals surface area contributed by atoms with E-state index in [2.05, 4.69) is 4.72 Å². The van der Waals surface area contributed by atoms with Crippen LogP contribution in [0.3, 0.4) is 0 Å². The summed E-state index contributed by atoms with van der Waals surface area (Å²) in [6.07, 6.45) is 2.37. The number of hydrogen-bond donors (Lipinski definition) is 2. The molecule has 0 unspecified atom stereocenters. The van der Waals surface area contributed by atoms with Crippen LogP contribution in [0.5, 0.6) is 0 Å². The van der Waals surface area contributed by atoms with Gasteiger partial charge in [-0.3, -0.25) is 0 Å². The van der Waals surface area contributed by atoms with Gasteiger partial charge in [-0.1, -0.05) is 12.1 Å². The molecule has 0 atom stereocenters. The van der Waals surface area contributed by atoms with Crippen molar-refractivity contribution in [2.45, 2.75) is 4.90 Å². The molecule has 0 bridgehead atoms. The van der Waals surface area contributed by atoms with Crippen LogP contribution >= 0.6 is 0 Å². The Bertz CT molecular complexity index is 502. The molecule has 0 heterocycles. The van der Waals surface area contributed by atoms with Crippen LogP contribution in [-0.4, -0.2) is 26.5 Å². The van der Waals surface area contributed by atoms with E-state index < -0.39 is 16.0 Å². The molecule has 0 aliphatic heterocycles. The molecule has 6 heteroatoms. The number of sulfonamides is 1. The average molecular weight is 241 g/mol. The average Bonchev–Trinajstić information content (AvgIpc) is 2.27. The van der Waals surface area contributed by atoms with Crippen LogP contribution in [0.25, 0.3) is 6.08 Å². The maximum atomic E-state index is 11.4. The molecule has 0 saturated heterocycles. The number of rotatable bonds is 4. The van der Waals surface area contributed by atoms with Gasteiger partial charge in [0.25, 0.3) is 0 Å². The molecule has 16 heavy (non-hydrogen) atoms. The van der Waals surface area contributed by atoms with Crippen molar-refractivity contribution in [3.05, 3.63) is 35.9 Å². The highest BCUT2D eigenvalue weighted by Crippen LogP contribution is 2.10. The van der Waals surface area contributed by atoms with Crippen molar-refractivity contribution in [1.29, 1.82) is 0 Å². The summed E-state index contributed by atoms with van der Waals surface area (Å²) in [5, 5.41) is 8.40. The summed E-state index contributed by atoms with van der Waals surface area (Å²) in [5.41, 5.74) is 0.623. The van der Waals surface area contributed by atoms with Crippen molar-refractivity contribution in [2.24, 2.45) is 0 Å². The molecule has 1 aromatic rings. The number of benzene rings is 1. The standard InChI is InChI=1S/C10H11NO4S/c1-11-16(14,15)9-5-2-8(3-6-9)4-7-10(12)13/h2-7,11H,1H3,(H,12,13)/b7-4+. The lowest BCUT2D eigenvalue weighted by molar-refractivity contribution is -0.131. The Morgan fingerprint density at radius 3 is 2.31 bits per heavy atom. The second-order valence-corrected chi connectivity index (χ2v) is 4.83. The lowest BCUT2D eigenvalue weighted by Crippen LogP contribution is -2.18. The van der Waals surface area contributed by atoms with E-state index in [1.165, 1.54) is 37.4 Å². The van der Waals surface area contributed by atoms with Gasteiger partial charge in [0.1, 0.15) is 0 Å². The second-order valence-electron chi connectivity index (χ2n) is 2.95. The van der Waals surface area contributed by atoms with Crippen LogP contribution in [0.4, 0.5) is 0 Å². The highest BCUT2D eigenvalue weighted by atomic mass is 32.2. The first-order valence-corrected chi connectivity index (χ1v) is 5.88. The van der Waals surface area contributed by atoms with E-state index in [4.69, 9.17) is 5.11 Å². The van der Waals surface area contributed by atoms with E-state index in [1.807, 2.05) is 0 Å². The van der Waals surface area contributed by atoms with Gasteiger partial charge in [-0.05, 0) is 30.8 Å². The first-order chi connectivity index (χ1) is 7.45. The van der Waals surface area contributed by atoms with Gasteiger partial charge in [0.2, 0.25) is 10.0 Å². The maximum absolute atomic E-state index is 11.4.